The molecule has 1 amide bonds. The first kappa shape index (κ1) is 36.8. The van der Waals surface area contributed by atoms with Crippen molar-refractivity contribution in [1.82, 2.24) is 5.32 Å². The lowest BCUT2D eigenvalue weighted by Crippen LogP contribution is -2.36. The number of unbranched alkanes of at least 4 members (excludes halogenated alkanes) is 13. The maximum Gasteiger partial charge on any atom is 0.217 e. The van der Waals surface area contributed by atoms with Crippen molar-refractivity contribution in [3.63, 3.8) is 0 Å². The van der Waals surface area contributed by atoms with Gasteiger partial charge < -0.3 is 14.7 Å². The highest BCUT2D eigenvalue weighted by Crippen LogP contribution is 2.36. The third kappa shape index (κ3) is 22.8. The molecule has 0 fully saturated rings. The molecule has 2 atom stereocenters. The van der Waals surface area contributed by atoms with Gasteiger partial charge in [0.25, 0.3) is 0 Å². The summed E-state index contributed by atoms with van der Waals surface area (Å²) in [4.78, 5) is 59.2. The van der Waals surface area contributed by atoms with Crippen LogP contribution in [0.4, 0.5) is 0 Å². The minimum atomic E-state index is -2.40. The van der Waals surface area contributed by atoms with E-state index in [4.69, 9.17) is 0 Å². The van der Waals surface area contributed by atoms with Gasteiger partial charge in [0.15, 0.2) is 19.2 Å². The normalized spacial score (nSPS) is 13.2. The van der Waals surface area contributed by atoms with Gasteiger partial charge in [-0.3, -0.25) is 19.2 Å². The maximum absolute atomic E-state index is 12.5. The van der Waals surface area contributed by atoms with E-state index in [9.17, 15) is 24.1 Å². The lowest BCUT2D eigenvalue weighted by Gasteiger charge is -2.23. The summed E-state index contributed by atoms with van der Waals surface area (Å²) < 4.78 is 0.798. The second-order valence-electron chi connectivity index (χ2n) is 11.9. The fourth-order valence-corrected chi connectivity index (χ4v) is 5.62. The molecule has 222 valence electrons. The van der Waals surface area contributed by atoms with Crippen LogP contribution < -0.4 is 5.32 Å². The van der Waals surface area contributed by atoms with E-state index in [1.807, 2.05) is 0 Å². The topological polar surface area (TPSA) is 101 Å². The number of rotatable bonds is 26. The number of carbonyl (C=O) groups excluding carboxylic acids is 4. The third-order valence-corrected chi connectivity index (χ3v) is 8.15. The van der Waals surface area contributed by atoms with Crippen molar-refractivity contribution in [1.29, 1.82) is 0 Å². The van der Waals surface area contributed by atoms with Crippen molar-refractivity contribution >= 4 is 30.9 Å². The summed E-state index contributed by atoms with van der Waals surface area (Å²) in [6.07, 6.45) is 18.1. The number of quaternary nitrogens is 1. The zero-order valence-corrected chi connectivity index (χ0v) is 26.1. The molecule has 0 spiro atoms. The highest BCUT2D eigenvalue weighted by molar-refractivity contribution is 7.84. The Morgan fingerprint density at radius 1 is 0.684 bits per heavy atom. The van der Waals surface area contributed by atoms with Gasteiger partial charge in [0.05, 0.1) is 27.7 Å². The second-order valence-corrected chi connectivity index (χ2v) is 13.5. The Bertz CT molecular complexity index is 678. The van der Waals surface area contributed by atoms with E-state index < -0.39 is 25.2 Å². The first-order chi connectivity index (χ1) is 18.0. The summed E-state index contributed by atoms with van der Waals surface area (Å²) in [5.41, 5.74) is -0.990. The molecule has 2 unspecified atom stereocenters. The standard InChI is InChI=1S/C30H57N2O5P/c1-6-7-8-9-10-11-12-13-14-15-16-17-18-21-28(34)24-27(31-26(2)33)25-30(36)38(37)29(35)22-19-20-23-32(3,4)5/h27,37H,6-25H2,1-5H3/p+1. The van der Waals surface area contributed by atoms with Crippen LogP contribution in [-0.4, -0.2) is 65.8 Å². The molecule has 0 saturated carbocycles. The van der Waals surface area contributed by atoms with Crippen LogP contribution in [0.25, 0.3) is 0 Å². The largest absolute Gasteiger partial charge is 0.360 e. The summed E-state index contributed by atoms with van der Waals surface area (Å²) in [5, 5.41) is 2.66. The molecule has 7 nitrogen and oxygen atoms in total. The maximum atomic E-state index is 12.5. The Kier molecular flexibility index (Phi) is 21.9. The Labute approximate surface area is 234 Å². The third-order valence-electron chi connectivity index (χ3n) is 6.80. The van der Waals surface area contributed by atoms with Crippen molar-refractivity contribution in [3.8, 4) is 0 Å². The Morgan fingerprint density at radius 2 is 1.16 bits per heavy atom. The number of hydrogen-bond donors (Lipinski definition) is 2. The Balaban J connectivity index is 4.15. The van der Waals surface area contributed by atoms with E-state index in [1.54, 1.807) is 0 Å². The number of hydrogen-bond acceptors (Lipinski definition) is 5. The van der Waals surface area contributed by atoms with Gasteiger partial charge >= 0.3 is 0 Å². The smallest absolute Gasteiger partial charge is 0.217 e. The predicted molar refractivity (Wildman–Crippen MR) is 158 cm³/mol. The lowest BCUT2D eigenvalue weighted by atomic mass is 10.0. The van der Waals surface area contributed by atoms with Crippen LogP contribution >= 0.6 is 8.15 Å². The van der Waals surface area contributed by atoms with Crippen LogP contribution in [0.2, 0.25) is 0 Å². The molecule has 38 heavy (non-hydrogen) atoms. The van der Waals surface area contributed by atoms with E-state index in [0.717, 1.165) is 36.7 Å². The van der Waals surface area contributed by atoms with Crippen molar-refractivity contribution < 1.29 is 28.6 Å². The molecule has 0 aliphatic carbocycles. The minimum absolute atomic E-state index is 0.00789. The van der Waals surface area contributed by atoms with Crippen molar-refractivity contribution in [2.24, 2.45) is 0 Å². The summed E-state index contributed by atoms with van der Waals surface area (Å²) in [7, 11) is 3.82. The van der Waals surface area contributed by atoms with Crippen molar-refractivity contribution in [2.45, 2.75) is 142 Å². The molecule has 0 aromatic heterocycles. The lowest BCUT2D eigenvalue weighted by molar-refractivity contribution is -0.870. The SMILES string of the molecule is CCCCCCCCCCCCCCCC(=O)CC(CC(=O)P(O)C(=O)CCCC[N+](C)(C)C)NC(C)=O. The average Bonchev–Trinajstić information content (AvgIpc) is 2.83. The van der Waals surface area contributed by atoms with Crippen LogP contribution in [0.3, 0.4) is 0 Å². The number of ketones is 1. The first-order valence-electron chi connectivity index (χ1n) is 15.1. The Morgan fingerprint density at radius 3 is 1.63 bits per heavy atom. The molecule has 0 aliphatic heterocycles. The predicted octanol–water partition coefficient (Wildman–Crippen LogP) is 6.64. The number of Topliss-reactive ketones (excluding diaryl/α,β-unsaturated/α-hetero) is 1. The zero-order chi connectivity index (χ0) is 28.8. The van der Waals surface area contributed by atoms with E-state index in [2.05, 4.69) is 33.4 Å². The molecule has 0 aliphatic rings. The number of carbonyl (C=O) groups is 4. The van der Waals surface area contributed by atoms with Gasteiger partial charge in [-0.25, -0.2) is 0 Å². The van der Waals surface area contributed by atoms with Crippen LogP contribution in [0, 0.1) is 0 Å². The van der Waals surface area contributed by atoms with Gasteiger partial charge in [0, 0.05) is 38.6 Å². The molecular weight excluding hydrogens is 499 g/mol. The number of amides is 1. The summed E-state index contributed by atoms with van der Waals surface area (Å²) >= 11 is 0. The quantitative estimate of drug-likeness (QED) is 0.0705. The van der Waals surface area contributed by atoms with Crippen LogP contribution in [0.5, 0.6) is 0 Å². The van der Waals surface area contributed by atoms with Gasteiger partial charge in [-0.1, -0.05) is 84.0 Å². The molecule has 0 heterocycles. The molecular formula is C30H58N2O5P+. The number of nitrogens with zero attached hydrogens (tertiary/aromatic N) is 1. The molecule has 0 rings (SSSR count). The molecule has 0 aromatic carbocycles. The van der Waals surface area contributed by atoms with Gasteiger partial charge in [0.1, 0.15) is 5.78 Å². The molecule has 0 aromatic rings. The van der Waals surface area contributed by atoms with Crippen LogP contribution in [-0.2, 0) is 19.2 Å². The second kappa shape index (κ2) is 22.6. The molecule has 2 N–H and O–H groups in total. The fourth-order valence-electron chi connectivity index (χ4n) is 4.58. The molecule has 0 bridgehead atoms. The molecule has 8 heteroatoms. The van der Waals surface area contributed by atoms with Crippen molar-refractivity contribution in [3.05, 3.63) is 0 Å². The van der Waals surface area contributed by atoms with Crippen LogP contribution in [0.15, 0.2) is 0 Å². The minimum Gasteiger partial charge on any atom is -0.360 e. The van der Waals surface area contributed by atoms with E-state index in [-0.39, 0.29) is 31.0 Å². The Hall–Kier alpha value is -1.17. The summed E-state index contributed by atoms with van der Waals surface area (Å²) in [5.74, 6) is -0.320. The van der Waals surface area contributed by atoms with Gasteiger partial charge in [0.2, 0.25) is 5.91 Å². The van der Waals surface area contributed by atoms with E-state index >= 15 is 0 Å². The molecule has 0 saturated heterocycles. The highest BCUT2D eigenvalue weighted by Gasteiger charge is 2.28. The van der Waals surface area contributed by atoms with Gasteiger partial charge in [-0.05, 0) is 19.3 Å². The van der Waals surface area contributed by atoms with E-state index in [0.29, 0.717) is 12.8 Å². The van der Waals surface area contributed by atoms with Crippen molar-refractivity contribution in [2.75, 3.05) is 27.7 Å². The van der Waals surface area contributed by atoms with Gasteiger partial charge in [-0.2, -0.15) is 0 Å². The first-order valence-corrected chi connectivity index (χ1v) is 16.4. The highest BCUT2D eigenvalue weighted by atomic mass is 31.1. The average molecular weight is 558 g/mol. The summed E-state index contributed by atoms with van der Waals surface area (Å²) in [6.45, 7) is 4.50. The monoisotopic (exact) mass is 557 g/mol. The fraction of sp³-hybridized carbons (Fsp3) is 0.867. The zero-order valence-electron chi connectivity index (χ0n) is 25.2. The van der Waals surface area contributed by atoms with Crippen LogP contribution in [0.1, 0.15) is 136 Å². The number of nitrogens with one attached hydrogen (secondary N) is 1. The van der Waals surface area contributed by atoms with E-state index in [1.165, 1.54) is 71.1 Å². The summed E-state index contributed by atoms with van der Waals surface area (Å²) in [6, 6.07) is -0.669. The molecule has 0 radical (unpaired) electrons. The van der Waals surface area contributed by atoms with Gasteiger partial charge in [-0.15, -0.1) is 0 Å².